The Morgan fingerprint density at radius 2 is 2.00 bits per heavy atom. The molecule has 0 unspecified atom stereocenters. The number of nitrogens with one attached hydrogen (secondary N) is 1. The van der Waals surface area contributed by atoms with Gasteiger partial charge in [-0.3, -0.25) is 14.7 Å². The highest BCUT2D eigenvalue weighted by molar-refractivity contribution is 6.09. The van der Waals surface area contributed by atoms with Crippen LogP contribution in [0.4, 0.5) is 5.82 Å². The first kappa shape index (κ1) is 20.7. The normalized spacial score (nSPS) is 17.2. The average molecular weight is 433 g/mol. The van der Waals surface area contributed by atoms with Gasteiger partial charge >= 0.3 is 0 Å². The molecule has 3 aromatic heterocycles. The van der Waals surface area contributed by atoms with Crippen LogP contribution in [-0.4, -0.2) is 62.7 Å². The summed E-state index contributed by atoms with van der Waals surface area (Å²) in [5.74, 6) is 1.33. The smallest absolute Gasteiger partial charge is 0.260 e. The number of carbonyl (C=O) groups is 1. The molecule has 0 atom stereocenters. The predicted molar refractivity (Wildman–Crippen MR) is 121 cm³/mol. The number of pyridine rings is 2. The lowest BCUT2D eigenvalue weighted by atomic mass is 10.1. The lowest BCUT2D eigenvalue weighted by Gasteiger charge is -2.30. The molecule has 1 N–H and O–H groups in total. The van der Waals surface area contributed by atoms with E-state index in [9.17, 15) is 4.79 Å². The van der Waals surface area contributed by atoms with Crippen molar-refractivity contribution in [3.8, 4) is 11.5 Å². The molecule has 0 aromatic carbocycles. The number of rotatable bonds is 5. The summed E-state index contributed by atoms with van der Waals surface area (Å²) in [6, 6.07) is 7.97. The monoisotopic (exact) mass is 432 g/mol. The van der Waals surface area contributed by atoms with E-state index in [0.29, 0.717) is 30.5 Å². The summed E-state index contributed by atoms with van der Waals surface area (Å²) in [6.07, 6.45) is 3.92. The Kier molecular flexibility index (Phi) is 5.44. The van der Waals surface area contributed by atoms with E-state index in [1.807, 2.05) is 38.2 Å². The second-order valence-electron chi connectivity index (χ2n) is 8.64. The number of hydrogen-bond acceptors (Lipinski definition) is 7. The van der Waals surface area contributed by atoms with Gasteiger partial charge < -0.3 is 14.8 Å². The first-order valence-corrected chi connectivity index (χ1v) is 11.1. The molecule has 5 heterocycles. The maximum Gasteiger partial charge on any atom is 0.260 e. The molecule has 9 heteroatoms. The van der Waals surface area contributed by atoms with Crippen LogP contribution in [0.1, 0.15) is 46.2 Å². The number of fused-ring (bicyclic) bond motifs is 1. The van der Waals surface area contributed by atoms with Crippen molar-refractivity contribution in [1.82, 2.24) is 34.9 Å². The zero-order valence-electron chi connectivity index (χ0n) is 18.7. The van der Waals surface area contributed by atoms with Crippen LogP contribution in [-0.2, 0) is 13.1 Å². The van der Waals surface area contributed by atoms with Crippen molar-refractivity contribution in [2.24, 2.45) is 0 Å². The van der Waals surface area contributed by atoms with Gasteiger partial charge in [0, 0.05) is 29.4 Å². The van der Waals surface area contributed by atoms with E-state index >= 15 is 0 Å². The van der Waals surface area contributed by atoms with E-state index in [2.05, 4.69) is 37.0 Å². The number of hydrogen-bond donors (Lipinski definition) is 1. The molecular weight excluding hydrogens is 404 g/mol. The SMILES string of the molecule is CNCc1nc(C)cc2c1CN(c1cccc(-c3nncn3C3CCN(C)CC3)n1)C2=O. The van der Waals surface area contributed by atoms with Gasteiger partial charge in [-0.2, -0.15) is 0 Å². The Morgan fingerprint density at radius 3 is 2.78 bits per heavy atom. The first-order chi connectivity index (χ1) is 15.5. The molecule has 32 heavy (non-hydrogen) atoms. The topological polar surface area (TPSA) is 92.1 Å². The van der Waals surface area contributed by atoms with Crippen LogP contribution >= 0.6 is 0 Å². The van der Waals surface area contributed by atoms with Crippen LogP contribution in [0, 0.1) is 6.92 Å². The molecule has 5 rings (SSSR count). The predicted octanol–water partition coefficient (Wildman–Crippen LogP) is 2.19. The van der Waals surface area contributed by atoms with Crippen LogP contribution in [0.2, 0.25) is 0 Å². The summed E-state index contributed by atoms with van der Waals surface area (Å²) in [6.45, 7) is 5.12. The highest BCUT2D eigenvalue weighted by Crippen LogP contribution is 2.31. The van der Waals surface area contributed by atoms with Gasteiger partial charge in [-0.1, -0.05) is 6.07 Å². The molecule has 2 aliphatic heterocycles. The Morgan fingerprint density at radius 1 is 1.19 bits per heavy atom. The zero-order valence-corrected chi connectivity index (χ0v) is 18.7. The van der Waals surface area contributed by atoms with Gasteiger partial charge in [-0.05, 0) is 65.1 Å². The summed E-state index contributed by atoms with van der Waals surface area (Å²) >= 11 is 0. The number of nitrogens with zero attached hydrogens (tertiary/aromatic N) is 7. The standard InChI is InChI=1S/C23H28N8O/c1-15-11-17-18(20(26-15)12-24-2)13-30(23(17)32)21-6-4-5-19(27-21)22-28-25-14-31(22)16-7-9-29(3)10-8-16/h4-6,11,14,16,24H,7-10,12-13H2,1-3H3. The fourth-order valence-electron chi connectivity index (χ4n) is 4.67. The van der Waals surface area contributed by atoms with Crippen molar-refractivity contribution in [3.63, 3.8) is 0 Å². The molecule has 1 amide bonds. The van der Waals surface area contributed by atoms with Gasteiger partial charge in [0.15, 0.2) is 5.82 Å². The molecule has 0 radical (unpaired) electrons. The quantitative estimate of drug-likeness (QED) is 0.661. The second-order valence-corrected chi connectivity index (χ2v) is 8.64. The van der Waals surface area contributed by atoms with Gasteiger partial charge in [-0.25, -0.2) is 4.98 Å². The lowest BCUT2D eigenvalue weighted by molar-refractivity contribution is 0.0996. The number of carbonyl (C=O) groups excluding carboxylic acids is 1. The van der Waals surface area contributed by atoms with Crippen molar-refractivity contribution in [2.45, 2.75) is 38.9 Å². The zero-order chi connectivity index (χ0) is 22.2. The summed E-state index contributed by atoms with van der Waals surface area (Å²) in [5.41, 5.74) is 4.17. The van der Waals surface area contributed by atoms with E-state index in [-0.39, 0.29) is 5.91 Å². The summed E-state index contributed by atoms with van der Waals surface area (Å²) in [4.78, 5) is 26.8. The number of likely N-dealkylation sites (tertiary alicyclic amines) is 1. The van der Waals surface area contributed by atoms with Gasteiger partial charge in [0.1, 0.15) is 17.8 Å². The van der Waals surface area contributed by atoms with Crippen molar-refractivity contribution >= 4 is 11.7 Å². The highest BCUT2D eigenvalue weighted by atomic mass is 16.2. The van der Waals surface area contributed by atoms with Crippen molar-refractivity contribution < 1.29 is 4.79 Å². The van der Waals surface area contributed by atoms with Crippen LogP contribution in [0.25, 0.3) is 11.5 Å². The molecule has 2 aliphatic rings. The number of aryl methyl sites for hydroxylation is 1. The Labute approximate surface area is 187 Å². The average Bonchev–Trinajstić information content (AvgIpc) is 3.40. The van der Waals surface area contributed by atoms with Crippen LogP contribution in [0.5, 0.6) is 0 Å². The molecule has 3 aromatic rings. The highest BCUT2D eigenvalue weighted by Gasteiger charge is 2.32. The maximum atomic E-state index is 13.2. The van der Waals surface area contributed by atoms with E-state index in [1.54, 1.807) is 11.2 Å². The minimum Gasteiger partial charge on any atom is -0.314 e. The number of amides is 1. The minimum absolute atomic E-state index is 0.0377. The molecule has 0 spiro atoms. The fourth-order valence-corrected chi connectivity index (χ4v) is 4.67. The summed E-state index contributed by atoms with van der Waals surface area (Å²) in [5, 5.41) is 11.7. The lowest BCUT2D eigenvalue weighted by Crippen LogP contribution is -2.31. The van der Waals surface area contributed by atoms with Crippen LogP contribution in [0.3, 0.4) is 0 Å². The van der Waals surface area contributed by atoms with Crippen molar-refractivity contribution in [3.05, 3.63) is 53.1 Å². The van der Waals surface area contributed by atoms with Crippen LogP contribution < -0.4 is 10.2 Å². The number of anilines is 1. The summed E-state index contributed by atoms with van der Waals surface area (Å²) in [7, 11) is 4.04. The molecule has 9 nitrogen and oxygen atoms in total. The molecule has 0 aliphatic carbocycles. The molecule has 0 bridgehead atoms. The van der Waals surface area contributed by atoms with Gasteiger partial charge in [-0.15, -0.1) is 10.2 Å². The fraction of sp³-hybridized carbons (Fsp3) is 0.435. The Balaban J connectivity index is 1.45. The number of aromatic nitrogens is 5. The minimum atomic E-state index is -0.0377. The van der Waals surface area contributed by atoms with Gasteiger partial charge in [0.2, 0.25) is 0 Å². The third kappa shape index (κ3) is 3.67. The van der Waals surface area contributed by atoms with Crippen LogP contribution in [0.15, 0.2) is 30.6 Å². The van der Waals surface area contributed by atoms with Gasteiger partial charge in [0.25, 0.3) is 5.91 Å². The second kappa shape index (κ2) is 8.40. The molecule has 1 saturated heterocycles. The third-order valence-electron chi connectivity index (χ3n) is 6.37. The van der Waals surface area contributed by atoms with E-state index in [4.69, 9.17) is 4.98 Å². The number of piperidine rings is 1. The summed E-state index contributed by atoms with van der Waals surface area (Å²) < 4.78 is 2.14. The van der Waals surface area contributed by atoms with E-state index in [0.717, 1.165) is 54.4 Å². The Hall–Kier alpha value is -3.17. The third-order valence-corrected chi connectivity index (χ3v) is 6.37. The van der Waals surface area contributed by atoms with Crippen molar-refractivity contribution in [2.75, 3.05) is 32.1 Å². The van der Waals surface area contributed by atoms with Gasteiger partial charge in [0.05, 0.1) is 12.2 Å². The Bertz CT molecular complexity index is 1150. The van der Waals surface area contributed by atoms with Crippen molar-refractivity contribution in [1.29, 1.82) is 0 Å². The molecule has 0 saturated carbocycles. The largest absolute Gasteiger partial charge is 0.314 e. The first-order valence-electron chi connectivity index (χ1n) is 11.1. The van der Waals surface area contributed by atoms with E-state index < -0.39 is 0 Å². The molecular formula is C23H28N8O. The molecule has 1 fully saturated rings. The maximum absolute atomic E-state index is 13.2. The molecule has 166 valence electrons. The van der Waals surface area contributed by atoms with E-state index in [1.165, 1.54) is 0 Å².